The zero-order valence-corrected chi connectivity index (χ0v) is 15.2. The summed E-state index contributed by atoms with van der Waals surface area (Å²) in [5.41, 5.74) is 1.39. The predicted molar refractivity (Wildman–Crippen MR) is 94.2 cm³/mol. The zero-order valence-electron chi connectivity index (χ0n) is 14.4. The van der Waals surface area contributed by atoms with Gasteiger partial charge in [-0.3, -0.25) is 0 Å². The Morgan fingerprint density at radius 3 is 2.10 bits per heavy atom. The summed E-state index contributed by atoms with van der Waals surface area (Å²) in [5, 5.41) is 13.0. The highest BCUT2D eigenvalue weighted by molar-refractivity contribution is 7.99. The summed E-state index contributed by atoms with van der Waals surface area (Å²) in [7, 11) is 0. The van der Waals surface area contributed by atoms with Crippen LogP contribution in [0.2, 0.25) is 0 Å². The van der Waals surface area contributed by atoms with Gasteiger partial charge in [-0.05, 0) is 42.2 Å². The van der Waals surface area contributed by atoms with Crippen molar-refractivity contribution in [2.45, 2.75) is 69.9 Å². The van der Waals surface area contributed by atoms with Crippen LogP contribution in [0.5, 0.6) is 0 Å². The van der Waals surface area contributed by atoms with Crippen LogP contribution in [0, 0.1) is 0 Å². The van der Waals surface area contributed by atoms with E-state index in [0.717, 1.165) is 12.2 Å². The van der Waals surface area contributed by atoms with Gasteiger partial charge in [0, 0.05) is 16.5 Å². The van der Waals surface area contributed by atoms with Crippen LogP contribution in [0.3, 0.4) is 0 Å². The van der Waals surface area contributed by atoms with E-state index in [9.17, 15) is 5.11 Å². The Bertz CT molecular complexity index is 422. The SMILES string of the molecule is CC(C)NC(C)(CO)CCSc1ccc(C(C)(C)C)cc1. The molecule has 1 unspecified atom stereocenters. The summed E-state index contributed by atoms with van der Waals surface area (Å²) in [6, 6.07) is 9.24. The number of aliphatic hydroxyl groups is 1. The van der Waals surface area contributed by atoms with Gasteiger partial charge in [0.15, 0.2) is 0 Å². The molecule has 0 fully saturated rings. The second kappa shape index (κ2) is 7.66. The maximum Gasteiger partial charge on any atom is 0.0610 e. The van der Waals surface area contributed by atoms with Crippen molar-refractivity contribution in [2.75, 3.05) is 12.4 Å². The van der Waals surface area contributed by atoms with E-state index in [1.807, 2.05) is 11.8 Å². The Labute approximate surface area is 134 Å². The summed E-state index contributed by atoms with van der Waals surface area (Å²) in [4.78, 5) is 1.30. The third kappa shape index (κ3) is 6.41. The third-order valence-corrected chi connectivity index (χ3v) is 4.64. The van der Waals surface area contributed by atoms with Gasteiger partial charge in [0.25, 0.3) is 0 Å². The Hall–Kier alpha value is -0.510. The molecule has 0 saturated carbocycles. The van der Waals surface area contributed by atoms with E-state index in [1.165, 1.54) is 10.5 Å². The molecule has 1 aromatic rings. The molecule has 0 radical (unpaired) electrons. The van der Waals surface area contributed by atoms with Gasteiger partial charge in [0.2, 0.25) is 0 Å². The molecular weight excluding hydrogens is 278 g/mol. The highest BCUT2D eigenvalue weighted by Crippen LogP contribution is 2.27. The van der Waals surface area contributed by atoms with Crippen molar-refractivity contribution in [3.8, 4) is 0 Å². The van der Waals surface area contributed by atoms with Crippen LogP contribution >= 0.6 is 11.8 Å². The lowest BCUT2D eigenvalue weighted by Crippen LogP contribution is -2.49. The van der Waals surface area contributed by atoms with E-state index in [-0.39, 0.29) is 17.6 Å². The molecule has 0 heterocycles. The van der Waals surface area contributed by atoms with E-state index in [1.54, 1.807) is 0 Å². The van der Waals surface area contributed by atoms with Crippen molar-refractivity contribution < 1.29 is 5.11 Å². The molecule has 3 heteroatoms. The lowest BCUT2D eigenvalue weighted by atomic mass is 9.87. The Morgan fingerprint density at radius 1 is 1.10 bits per heavy atom. The predicted octanol–water partition coefficient (Wildman–Crippen LogP) is 4.22. The second-order valence-electron chi connectivity index (χ2n) is 7.39. The fraction of sp³-hybridized carbons (Fsp3) is 0.667. The summed E-state index contributed by atoms with van der Waals surface area (Å²) in [5.74, 6) is 1.01. The molecular formula is C18H31NOS. The number of hydrogen-bond donors (Lipinski definition) is 2. The minimum Gasteiger partial charge on any atom is -0.394 e. The van der Waals surface area contributed by atoms with Gasteiger partial charge >= 0.3 is 0 Å². The van der Waals surface area contributed by atoms with E-state index in [4.69, 9.17) is 0 Å². The lowest BCUT2D eigenvalue weighted by Gasteiger charge is -2.31. The molecule has 2 nitrogen and oxygen atoms in total. The number of thioether (sulfide) groups is 1. The minimum absolute atomic E-state index is 0.175. The molecule has 0 aliphatic heterocycles. The fourth-order valence-electron chi connectivity index (χ4n) is 2.34. The Kier molecular flexibility index (Phi) is 6.76. The standard InChI is InChI=1S/C18H31NOS/c1-14(2)19-18(6,13-20)11-12-21-16-9-7-15(8-10-16)17(3,4)5/h7-10,14,19-20H,11-13H2,1-6H3. The first kappa shape index (κ1) is 18.5. The topological polar surface area (TPSA) is 32.3 Å². The molecule has 0 spiro atoms. The zero-order chi connectivity index (χ0) is 16.1. The first-order chi connectivity index (χ1) is 9.66. The Morgan fingerprint density at radius 2 is 1.67 bits per heavy atom. The summed E-state index contributed by atoms with van der Waals surface area (Å²) >= 11 is 1.86. The molecule has 0 bridgehead atoms. The van der Waals surface area contributed by atoms with Gasteiger partial charge in [-0.25, -0.2) is 0 Å². The van der Waals surface area contributed by atoms with Gasteiger partial charge in [0.1, 0.15) is 0 Å². The van der Waals surface area contributed by atoms with Gasteiger partial charge in [-0.15, -0.1) is 11.8 Å². The third-order valence-electron chi connectivity index (χ3n) is 3.63. The highest BCUT2D eigenvalue weighted by atomic mass is 32.2. The highest BCUT2D eigenvalue weighted by Gasteiger charge is 2.23. The van der Waals surface area contributed by atoms with Gasteiger partial charge in [0.05, 0.1) is 6.61 Å². The normalized spacial score (nSPS) is 15.2. The van der Waals surface area contributed by atoms with E-state index < -0.39 is 0 Å². The number of benzene rings is 1. The molecule has 0 aromatic heterocycles. The monoisotopic (exact) mass is 309 g/mol. The van der Waals surface area contributed by atoms with E-state index in [0.29, 0.717) is 6.04 Å². The van der Waals surface area contributed by atoms with Crippen LogP contribution in [0.15, 0.2) is 29.2 Å². The number of rotatable bonds is 7. The quantitative estimate of drug-likeness (QED) is 0.740. The summed E-state index contributed by atoms with van der Waals surface area (Å²) in [6.45, 7) is 13.2. The molecule has 2 N–H and O–H groups in total. The van der Waals surface area contributed by atoms with Crippen molar-refractivity contribution in [3.63, 3.8) is 0 Å². The van der Waals surface area contributed by atoms with Crippen LogP contribution in [0.25, 0.3) is 0 Å². The van der Waals surface area contributed by atoms with Crippen LogP contribution in [-0.4, -0.2) is 29.0 Å². The average Bonchev–Trinajstić information content (AvgIpc) is 2.37. The smallest absolute Gasteiger partial charge is 0.0610 e. The van der Waals surface area contributed by atoms with Gasteiger partial charge in [-0.2, -0.15) is 0 Å². The van der Waals surface area contributed by atoms with Crippen LogP contribution in [0.4, 0.5) is 0 Å². The molecule has 0 aliphatic carbocycles. The first-order valence-electron chi connectivity index (χ1n) is 7.78. The van der Waals surface area contributed by atoms with Crippen molar-refractivity contribution >= 4 is 11.8 Å². The second-order valence-corrected chi connectivity index (χ2v) is 8.56. The maximum absolute atomic E-state index is 9.59. The Balaban J connectivity index is 2.52. The number of nitrogens with one attached hydrogen (secondary N) is 1. The molecule has 0 amide bonds. The van der Waals surface area contributed by atoms with Crippen molar-refractivity contribution in [1.82, 2.24) is 5.32 Å². The van der Waals surface area contributed by atoms with E-state index in [2.05, 4.69) is 71.1 Å². The molecule has 21 heavy (non-hydrogen) atoms. The molecule has 1 aromatic carbocycles. The minimum atomic E-state index is -0.188. The summed E-state index contributed by atoms with van der Waals surface area (Å²) in [6.07, 6.45) is 0.952. The largest absolute Gasteiger partial charge is 0.394 e. The van der Waals surface area contributed by atoms with Gasteiger partial charge in [-0.1, -0.05) is 46.8 Å². The first-order valence-corrected chi connectivity index (χ1v) is 8.77. The lowest BCUT2D eigenvalue weighted by molar-refractivity contribution is 0.162. The van der Waals surface area contributed by atoms with Crippen LogP contribution in [0.1, 0.15) is 53.5 Å². The van der Waals surface area contributed by atoms with Crippen molar-refractivity contribution in [1.29, 1.82) is 0 Å². The van der Waals surface area contributed by atoms with Crippen LogP contribution < -0.4 is 5.32 Å². The van der Waals surface area contributed by atoms with Crippen molar-refractivity contribution in [3.05, 3.63) is 29.8 Å². The fourth-order valence-corrected chi connectivity index (χ4v) is 3.46. The molecule has 1 rings (SSSR count). The van der Waals surface area contributed by atoms with Crippen LogP contribution in [-0.2, 0) is 5.41 Å². The molecule has 0 saturated heterocycles. The molecule has 120 valence electrons. The van der Waals surface area contributed by atoms with E-state index >= 15 is 0 Å². The maximum atomic E-state index is 9.59. The molecule has 1 atom stereocenters. The average molecular weight is 310 g/mol. The molecule has 0 aliphatic rings. The van der Waals surface area contributed by atoms with Gasteiger partial charge < -0.3 is 10.4 Å². The number of aliphatic hydroxyl groups excluding tert-OH is 1. The number of hydrogen-bond acceptors (Lipinski definition) is 3. The van der Waals surface area contributed by atoms with Crippen molar-refractivity contribution in [2.24, 2.45) is 0 Å². The summed E-state index contributed by atoms with van der Waals surface area (Å²) < 4.78 is 0.